The molecule has 1 aliphatic rings. The molecule has 1 saturated heterocycles. The van der Waals surface area contributed by atoms with Crippen LogP contribution in [0.3, 0.4) is 0 Å². The Kier molecular flexibility index (Phi) is 6.07. The number of carbonyl (C=O) groups is 3. The van der Waals surface area contributed by atoms with Crippen molar-refractivity contribution in [2.75, 3.05) is 29.9 Å². The SMILES string of the molecule is O=C(Cn1cc(C(=O)O)nn1)Nc1ccc(CC(=O)N2CCSCC2)cc1. The summed E-state index contributed by atoms with van der Waals surface area (Å²) in [5, 5.41) is 18.5. The molecule has 142 valence electrons. The smallest absolute Gasteiger partial charge is 0.358 e. The first-order chi connectivity index (χ1) is 13.0. The minimum Gasteiger partial charge on any atom is -0.476 e. The van der Waals surface area contributed by atoms with E-state index in [1.165, 1.54) is 6.20 Å². The molecule has 0 bridgehead atoms. The highest BCUT2D eigenvalue weighted by Gasteiger charge is 2.17. The Balaban J connectivity index is 1.51. The van der Waals surface area contributed by atoms with E-state index in [9.17, 15) is 14.4 Å². The van der Waals surface area contributed by atoms with Gasteiger partial charge >= 0.3 is 5.97 Å². The monoisotopic (exact) mass is 389 g/mol. The van der Waals surface area contributed by atoms with E-state index in [1.807, 2.05) is 28.8 Å². The van der Waals surface area contributed by atoms with Crippen molar-refractivity contribution in [3.05, 3.63) is 41.7 Å². The fourth-order valence-corrected chi connectivity index (χ4v) is 3.53. The molecule has 1 aromatic carbocycles. The Morgan fingerprint density at radius 3 is 2.48 bits per heavy atom. The lowest BCUT2D eigenvalue weighted by atomic mass is 10.1. The highest BCUT2D eigenvalue weighted by Crippen LogP contribution is 2.14. The van der Waals surface area contributed by atoms with Gasteiger partial charge in [0, 0.05) is 30.3 Å². The fraction of sp³-hybridized carbons (Fsp3) is 0.353. The number of carboxylic acids is 1. The van der Waals surface area contributed by atoms with Crippen LogP contribution in [0.5, 0.6) is 0 Å². The van der Waals surface area contributed by atoms with E-state index in [0.717, 1.165) is 34.8 Å². The molecule has 0 atom stereocenters. The maximum Gasteiger partial charge on any atom is 0.358 e. The Morgan fingerprint density at radius 2 is 1.85 bits per heavy atom. The van der Waals surface area contributed by atoms with Crippen molar-refractivity contribution < 1.29 is 19.5 Å². The van der Waals surface area contributed by atoms with Gasteiger partial charge in [0.1, 0.15) is 6.54 Å². The molecular weight excluding hydrogens is 370 g/mol. The molecule has 0 radical (unpaired) electrons. The number of benzene rings is 1. The molecule has 3 rings (SSSR count). The van der Waals surface area contributed by atoms with E-state index in [-0.39, 0.29) is 24.1 Å². The van der Waals surface area contributed by atoms with Gasteiger partial charge in [0.05, 0.1) is 12.6 Å². The van der Waals surface area contributed by atoms with Crippen LogP contribution in [0.15, 0.2) is 30.5 Å². The number of aromatic carboxylic acids is 1. The highest BCUT2D eigenvalue weighted by molar-refractivity contribution is 7.99. The van der Waals surface area contributed by atoms with Crippen LogP contribution in [-0.4, -0.2) is 67.4 Å². The Bertz CT molecular complexity index is 830. The van der Waals surface area contributed by atoms with E-state index >= 15 is 0 Å². The van der Waals surface area contributed by atoms with Crippen molar-refractivity contribution in [2.24, 2.45) is 0 Å². The maximum absolute atomic E-state index is 12.3. The van der Waals surface area contributed by atoms with Gasteiger partial charge in [-0.25, -0.2) is 9.48 Å². The highest BCUT2D eigenvalue weighted by atomic mass is 32.2. The van der Waals surface area contributed by atoms with E-state index in [0.29, 0.717) is 12.1 Å². The predicted octanol–water partition coefficient (Wildman–Crippen LogP) is 0.733. The van der Waals surface area contributed by atoms with Crippen molar-refractivity contribution in [3.63, 3.8) is 0 Å². The van der Waals surface area contributed by atoms with E-state index in [4.69, 9.17) is 5.11 Å². The number of rotatable bonds is 6. The van der Waals surface area contributed by atoms with Crippen LogP contribution in [0.4, 0.5) is 5.69 Å². The van der Waals surface area contributed by atoms with Crippen molar-refractivity contribution in [1.82, 2.24) is 19.9 Å². The molecule has 1 aliphatic heterocycles. The van der Waals surface area contributed by atoms with Gasteiger partial charge < -0.3 is 15.3 Å². The molecule has 0 spiro atoms. The molecule has 1 fully saturated rings. The zero-order chi connectivity index (χ0) is 19.2. The quantitative estimate of drug-likeness (QED) is 0.748. The first kappa shape index (κ1) is 18.9. The normalized spacial score (nSPS) is 14.0. The summed E-state index contributed by atoms with van der Waals surface area (Å²) in [6, 6.07) is 7.08. The lowest BCUT2D eigenvalue weighted by Gasteiger charge is -2.26. The molecule has 0 aliphatic carbocycles. The average Bonchev–Trinajstić information content (AvgIpc) is 3.12. The van der Waals surface area contributed by atoms with E-state index < -0.39 is 5.97 Å². The third-order valence-corrected chi connectivity index (χ3v) is 4.96. The van der Waals surface area contributed by atoms with Crippen molar-refractivity contribution in [3.8, 4) is 0 Å². The van der Waals surface area contributed by atoms with Gasteiger partial charge in [-0.2, -0.15) is 11.8 Å². The predicted molar refractivity (Wildman–Crippen MR) is 99.7 cm³/mol. The lowest BCUT2D eigenvalue weighted by molar-refractivity contribution is -0.130. The number of aromatic nitrogens is 3. The zero-order valence-corrected chi connectivity index (χ0v) is 15.3. The Morgan fingerprint density at radius 1 is 1.15 bits per heavy atom. The second-order valence-corrected chi connectivity index (χ2v) is 7.25. The second-order valence-electron chi connectivity index (χ2n) is 6.02. The van der Waals surface area contributed by atoms with Gasteiger partial charge in [-0.05, 0) is 17.7 Å². The average molecular weight is 389 g/mol. The summed E-state index contributed by atoms with van der Waals surface area (Å²) in [6.07, 6.45) is 1.53. The van der Waals surface area contributed by atoms with Crippen LogP contribution in [0.25, 0.3) is 0 Å². The van der Waals surface area contributed by atoms with Gasteiger partial charge in [-0.1, -0.05) is 17.3 Å². The van der Waals surface area contributed by atoms with E-state index in [1.54, 1.807) is 12.1 Å². The number of thioether (sulfide) groups is 1. The maximum atomic E-state index is 12.3. The van der Waals surface area contributed by atoms with Crippen molar-refractivity contribution in [1.29, 1.82) is 0 Å². The summed E-state index contributed by atoms with van der Waals surface area (Å²) in [5.41, 5.74) is 1.26. The molecule has 0 saturated carbocycles. The number of hydrogen-bond acceptors (Lipinski definition) is 6. The Hall–Kier alpha value is -2.88. The third-order valence-electron chi connectivity index (χ3n) is 4.02. The minimum absolute atomic E-state index is 0.118. The first-order valence-corrected chi connectivity index (χ1v) is 9.54. The summed E-state index contributed by atoms with van der Waals surface area (Å²) in [5.74, 6) is 0.529. The standard InChI is InChI=1S/C17H19N5O4S/c23-15(11-22-10-14(17(25)26)19-20-22)18-13-3-1-12(2-4-13)9-16(24)21-5-7-27-8-6-21/h1-4,10H,5-9,11H2,(H,18,23)(H,25,26). The van der Waals surface area contributed by atoms with Crippen LogP contribution in [0, 0.1) is 0 Å². The molecule has 1 aromatic heterocycles. The molecule has 10 heteroatoms. The molecule has 2 amide bonds. The molecule has 2 aromatic rings. The fourth-order valence-electron chi connectivity index (χ4n) is 2.63. The molecule has 0 unspecified atom stereocenters. The number of carbonyl (C=O) groups excluding carboxylic acids is 2. The van der Waals surface area contributed by atoms with Gasteiger partial charge in [0.25, 0.3) is 0 Å². The number of anilines is 1. The molecular formula is C17H19N5O4S. The molecule has 27 heavy (non-hydrogen) atoms. The van der Waals surface area contributed by atoms with Gasteiger partial charge in [-0.15, -0.1) is 5.10 Å². The van der Waals surface area contributed by atoms with Gasteiger partial charge in [-0.3, -0.25) is 9.59 Å². The summed E-state index contributed by atoms with van der Waals surface area (Å²) >= 11 is 1.86. The topological polar surface area (TPSA) is 117 Å². The van der Waals surface area contributed by atoms with Crippen LogP contribution in [-0.2, 0) is 22.6 Å². The Labute approximate surface area is 159 Å². The van der Waals surface area contributed by atoms with Gasteiger partial charge in [0.2, 0.25) is 11.8 Å². The molecule has 9 nitrogen and oxygen atoms in total. The molecule has 2 heterocycles. The van der Waals surface area contributed by atoms with Gasteiger partial charge in [0.15, 0.2) is 5.69 Å². The van der Waals surface area contributed by atoms with Crippen molar-refractivity contribution >= 4 is 35.2 Å². The summed E-state index contributed by atoms with van der Waals surface area (Å²) < 4.78 is 1.16. The van der Waals surface area contributed by atoms with Crippen LogP contribution in [0.2, 0.25) is 0 Å². The van der Waals surface area contributed by atoms with Crippen LogP contribution >= 0.6 is 11.8 Å². The zero-order valence-electron chi connectivity index (χ0n) is 14.5. The number of hydrogen-bond donors (Lipinski definition) is 2. The largest absolute Gasteiger partial charge is 0.476 e. The minimum atomic E-state index is -1.20. The third kappa shape index (κ3) is 5.30. The lowest BCUT2D eigenvalue weighted by Crippen LogP contribution is -2.38. The van der Waals surface area contributed by atoms with Crippen LogP contribution in [0.1, 0.15) is 16.1 Å². The first-order valence-electron chi connectivity index (χ1n) is 8.39. The number of amides is 2. The second kappa shape index (κ2) is 8.67. The number of nitrogens with one attached hydrogen (secondary N) is 1. The van der Waals surface area contributed by atoms with E-state index in [2.05, 4.69) is 15.6 Å². The number of carboxylic acid groups (broad SMARTS) is 1. The molecule has 2 N–H and O–H groups in total. The van der Waals surface area contributed by atoms with Crippen LogP contribution < -0.4 is 5.32 Å². The van der Waals surface area contributed by atoms with Crippen molar-refractivity contribution in [2.45, 2.75) is 13.0 Å². The summed E-state index contributed by atoms with van der Waals surface area (Å²) in [6.45, 7) is 1.44. The summed E-state index contributed by atoms with van der Waals surface area (Å²) in [7, 11) is 0. The number of nitrogens with zero attached hydrogens (tertiary/aromatic N) is 4. The summed E-state index contributed by atoms with van der Waals surface area (Å²) in [4.78, 5) is 36.9.